The van der Waals surface area contributed by atoms with Gasteiger partial charge in [-0.25, -0.2) is 9.82 Å². The van der Waals surface area contributed by atoms with Crippen LogP contribution in [0.4, 0.5) is 4.39 Å². The quantitative estimate of drug-likeness (QED) is 0.643. The normalized spacial score (nSPS) is 12.4. The Bertz CT molecular complexity index is 535. The highest BCUT2D eigenvalue weighted by molar-refractivity contribution is 5.40. The zero-order chi connectivity index (χ0) is 13.1. The lowest BCUT2D eigenvalue weighted by Gasteiger charge is -2.20. The molecule has 3 heteroatoms. The molecule has 0 fully saturated rings. The van der Waals surface area contributed by atoms with Crippen LogP contribution in [0.25, 0.3) is 0 Å². The molecule has 0 spiro atoms. The second-order valence-corrected chi connectivity index (χ2v) is 4.44. The van der Waals surface area contributed by atoms with Crippen molar-refractivity contribution in [1.82, 2.24) is 5.43 Å². The Labute approximate surface area is 107 Å². The molecule has 2 aromatic rings. The van der Waals surface area contributed by atoms with E-state index < -0.39 is 0 Å². The number of nitrogens with two attached hydrogens (primary N) is 1. The second-order valence-electron chi connectivity index (χ2n) is 4.44. The molecule has 0 aliphatic heterocycles. The van der Waals surface area contributed by atoms with Crippen LogP contribution in [0.1, 0.15) is 28.3 Å². The zero-order valence-corrected chi connectivity index (χ0v) is 10.6. The number of hydrogen-bond acceptors (Lipinski definition) is 2. The number of aryl methyl sites for hydroxylation is 1. The van der Waals surface area contributed by atoms with E-state index in [0.717, 1.165) is 11.1 Å². The molecule has 0 saturated heterocycles. The van der Waals surface area contributed by atoms with Crippen molar-refractivity contribution in [2.24, 2.45) is 5.84 Å². The first-order chi connectivity index (χ1) is 8.63. The van der Waals surface area contributed by atoms with Gasteiger partial charge in [0.05, 0.1) is 6.04 Å². The van der Waals surface area contributed by atoms with Crippen molar-refractivity contribution in [3.05, 3.63) is 70.5 Å². The molecule has 0 amide bonds. The zero-order valence-electron chi connectivity index (χ0n) is 10.6. The summed E-state index contributed by atoms with van der Waals surface area (Å²) in [6.45, 7) is 4.13. The fourth-order valence-corrected chi connectivity index (χ4v) is 2.11. The van der Waals surface area contributed by atoms with Crippen LogP contribution in [0, 0.1) is 19.7 Å². The van der Waals surface area contributed by atoms with Gasteiger partial charge in [-0.05, 0) is 48.2 Å². The van der Waals surface area contributed by atoms with Crippen LogP contribution >= 0.6 is 0 Å². The van der Waals surface area contributed by atoms with Crippen molar-refractivity contribution >= 4 is 0 Å². The minimum absolute atomic E-state index is 0.120. The van der Waals surface area contributed by atoms with Crippen LogP contribution in [0.5, 0.6) is 0 Å². The molecule has 0 heterocycles. The van der Waals surface area contributed by atoms with Crippen LogP contribution in [0.15, 0.2) is 42.5 Å². The number of rotatable bonds is 3. The molecule has 18 heavy (non-hydrogen) atoms. The van der Waals surface area contributed by atoms with Crippen molar-refractivity contribution in [2.75, 3.05) is 0 Å². The third-order valence-electron chi connectivity index (χ3n) is 3.33. The Morgan fingerprint density at radius 3 is 2.33 bits per heavy atom. The van der Waals surface area contributed by atoms with Gasteiger partial charge in [-0.1, -0.05) is 30.3 Å². The summed E-state index contributed by atoms with van der Waals surface area (Å²) in [5.41, 5.74) is 7.28. The fourth-order valence-electron chi connectivity index (χ4n) is 2.11. The third kappa shape index (κ3) is 2.42. The molecule has 0 aliphatic rings. The Kier molecular flexibility index (Phi) is 3.75. The smallest absolute Gasteiger partial charge is 0.123 e. The Hall–Kier alpha value is -1.71. The minimum atomic E-state index is -0.240. The van der Waals surface area contributed by atoms with Gasteiger partial charge in [0, 0.05) is 0 Å². The van der Waals surface area contributed by atoms with Crippen molar-refractivity contribution in [3.63, 3.8) is 0 Å². The van der Waals surface area contributed by atoms with Gasteiger partial charge in [0.25, 0.3) is 0 Å². The van der Waals surface area contributed by atoms with E-state index in [1.807, 2.05) is 12.1 Å². The van der Waals surface area contributed by atoms with E-state index >= 15 is 0 Å². The van der Waals surface area contributed by atoms with Crippen molar-refractivity contribution in [1.29, 1.82) is 0 Å². The first kappa shape index (κ1) is 12.7. The van der Waals surface area contributed by atoms with Crippen LogP contribution < -0.4 is 11.3 Å². The SMILES string of the molecule is Cc1cccc(C(NN)c2ccc(F)cc2)c1C. The maximum Gasteiger partial charge on any atom is 0.123 e. The highest BCUT2D eigenvalue weighted by Crippen LogP contribution is 2.25. The van der Waals surface area contributed by atoms with E-state index in [0.29, 0.717) is 0 Å². The number of halogens is 1. The van der Waals surface area contributed by atoms with Crippen LogP contribution in [0.2, 0.25) is 0 Å². The number of hydrazine groups is 1. The molecule has 0 saturated carbocycles. The van der Waals surface area contributed by atoms with Gasteiger partial charge in [-0.15, -0.1) is 0 Å². The maximum absolute atomic E-state index is 12.9. The lowest BCUT2D eigenvalue weighted by Crippen LogP contribution is -2.29. The average Bonchev–Trinajstić information content (AvgIpc) is 2.37. The molecular formula is C15H17FN2. The molecule has 94 valence electrons. The third-order valence-corrected chi connectivity index (χ3v) is 3.33. The number of nitrogens with one attached hydrogen (secondary N) is 1. The predicted octanol–water partition coefficient (Wildman–Crippen LogP) is 3.00. The van der Waals surface area contributed by atoms with Crippen molar-refractivity contribution in [3.8, 4) is 0 Å². The predicted molar refractivity (Wildman–Crippen MR) is 71.5 cm³/mol. The summed E-state index contributed by atoms with van der Waals surface area (Å²) in [6.07, 6.45) is 0. The molecule has 0 aromatic heterocycles. The minimum Gasteiger partial charge on any atom is -0.271 e. The first-order valence-electron chi connectivity index (χ1n) is 5.91. The largest absolute Gasteiger partial charge is 0.271 e. The number of benzene rings is 2. The topological polar surface area (TPSA) is 38.0 Å². The summed E-state index contributed by atoms with van der Waals surface area (Å²) >= 11 is 0. The summed E-state index contributed by atoms with van der Waals surface area (Å²) in [4.78, 5) is 0. The average molecular weight is 244 g/mol. The van der Waals surface area contributed by atoms with Crippen molar-refractivity contribution < 1.29 is 4.39 Å². The molecule has 0 radical (unpaired) electrons. The summed E-state index contributed by atoms with van der Waals surface area (Å²) < 4.78 is 12.9. The van der Waals surface area contributed by atoms with Gasteiger partial charge in [0.2, 0.25) is 0 Å². The second kappa shape index (κ2) is 5.29. The molecule has 0 bridgehead atoms. The maximum atomic E-state index is 12.9. The molecule has 1 atom stereocenters. The molecular weight excluding hydrogens is 227 g/mol. The summed E-state index contributed by atoms with van der Waals surface area (Å²) in [6, 6.07) is 12.4. The molecule has 0 aliphatic carbocycles. The van der Waals surface area contributed by atoms with E-state index in [4.69, 9.17) is 5.84 Å². The Morgan fingerprint density at radius 2 is 1.72 bits per heavy atom. The number of hydrogen-bond donors (Lipinski definition) is 2. The van der Waals surface area contributed by atoms with Crippen molar-refractivity contribution in [2.45, 2.75) is 19.9 Å². The van der Waals surface area contributed by atoms with E-state index in [1.54, 1.807) is 12.1 Å². The summed E-state index contributed by atoms with van der Waals surface area (Å²) in [5.74, 6) is 5.41. The van der Waals surface area contributed by atoms with E-state index in [2.05, 4.69) is 25.3 Å². The van der Waals surface area contributed by atoms with E-state index in [-0.39, 0.29) is 11.9 Å². The Morgan fingerprint density at radius 1 is 1.06 bits per heavy atom. The van der Waals surface area contributed by atoms with Crippen LogP contribution in [0.3, 0.4) is 0 Å². The van der Waals surface area contributed by atoms with Gasteiger partial charge in [0.1, 0.15) is 5.82 Å². The van der Waals surface area contributed by atoms with E-state index in [1.165, 1.54) is 23.3 Å². The van der Waals surface area contributed by atoms with E-state index in [9.17, 15) is 4.39 Å². The van der Waals surface area contributed by atoms with Gasteiger partial charge in [-0.3, -0.25) is 5.84 Å². The lowest BCUT2D eigenvalue weighted by atomic mass is 9.93. The highest BCUT2D eigenvalue weighted by Gasteiger charge is 2.15. The molecule has 2 nitrogen and oxygen atoms in total. The standard InChI is InChI=1S/C15H17FN2/c1-10-4-3-5-14(11(10)2)15(18-17)12-6-8-13(16)9-7-12/h3-9,15,18H,17H2,1-2H3. The van der Waals surface area contributed by atoms with Crippen LogP contribution in [-0.2, 0) is 0 Å². The molecule has 3 N–H and O–H groups in total. The monoisotopic (exact) mass is 244 g/mol. The van der Waals surface area contributed by atoms with Gasteiger partial charge in [0.15, 0.2) is 0 Å². The highest BCUT2D eigenvalue weighted by atomic mass is 19.1. The summed E-state index contributed by atoms with van der Waals surface area (Å²) in [7, 11) is 0. The Balaban J connectivity index is 2.45. The van der Waals surface area contributed by atoms with Gasteiger partial charge < -0.3 is 0 Å². The first-order valence-corrected chi connectivity index (χ1v) is 5.91. The fraction of sp³-hybridized carbons (Fsp3) is 0.200. The van der Waals surface area contributed by atoms with Crippen LogP contribution in [-0.4, -0.2) is 0 Å². The molecule has 1 unspecified atom stereocenters. The summed E-state index contributed by atoms with van der Waals surface area (Å²) in [5, 5.41) is 0. The molecule has 2 rings (SSSR count). The van der Waals surface area contributed by atoms with Gasteiger partial charge in [-0.2, -0.15) is 0 Å². The van der Waals surface area contributed by atoms with Gasteiger partial charge >= 0.3 is 0 Å². The lowest BCUT2D eigenvalue weighted by molar-refractivity contribution is 0.614. The molecule has 2 aromatic carbocycles.